The van der Waals surface area contributed by atoms with E-state index in [9.17, 15) is 9.90 Å². The minimum atomic E-state index is -0.512. The molecule has 0 aromatic rings. The van der Waals surface area contributed by atoms with Crippen molar-refractivity contribution in [1.82, 2.24) is 10.6 Å². The van der Waals surface area contributed by atoms with Crippen LogP contribution in [0.4, 0.5) is 0 Å². The molecule has 1 fully saturated rings. The summed E-state index contributed by atoms with van der Waals surface area (Å²) >= 11 is 0. The molecule has 100 valence electrons. The van der Waals surface area contributed by atoms with E-state index in [2.05, 4.69) is 10.6 Å². The molecule has 0 aromatic heterocycles. The number of hydrogen-bond donors (Lipinski definition) is 3. The van der Waals surface area contributed by atoms with Crippen LogP contribution in [-0.4, -0.2) is 35.7 Å². The number of likely N-dealkylation sites (N-methyl/N-ethyl adjacent to an activating group) is 1. The lowest BCUT2D eigenvalue weighted by Crippen LogP contribution is -2.53. The monoisotopic (exact) mass is 242 g/mol. The van der Waals surface area contributed by atoms with Crippen LogP contribution in [0.5, 0.6) is 0 Å². The summed E-state index contributed by atoms with van der Waals surface area (Å²) in [5.41, 5.74) is -0.512. The van der Waals surface area contributed by atoms with Gasteiger partial charge in [-0.3, -0.25) is 4.79 Å². The molecule has 0 radical (unpaired) electrons. The minimum absolute atomic E-state index is 0.0411. The summed E-state index contributed by atoms with van der Waals surface area (Å²) < 4.78 is 0. The molecule has 0 heterocycles. The Balaban J connectivity index is 2.32. The van der Waals surface area contributed by atoms with E-state index in [0.29, 0.717) is 12.5 Å². The van der Waals surface area contributed by atoms with Gasteiger partial charge in [-0.2, -0.15) is 0 Å². The maximum atomic E-state index is 11.9. The maximum absolute atomic E-state index is 11.9. The van der Waals surface area contributed by atoms with Gasteiger partial charge in [0.1, 0.15) is 0 Å². The molecule has 2 atom stereocenters. The van der Waals surface area contributed by atoms with E-state index >= 15 is 0 Å². The third-order valence-corrected chi connectivity index (χ3v) is 3.49. The summed E-state index contributed by atoms with van der Waals surface area (Å²) in [7, 11) is 0. The summed E-state index contributed by atoms with van der Waals surface area (Å²) in [5.74, 6) is 0.472. The normalized spacial score (nSPS) is 25.6. The lowest BCUT2D eigenvalue weighted by Gasteiger charge is -2.29. The predicted molar refractivity (Wildman–Crippen MR) is 68.7 cm³/mol. The van der Waals surface area contributed by atoms with E-state index in [4.69, 9.17) is 0 Å². The second kappa shape index (κ2) is 6.36. The van der Waals surface area contributed by atoms with Crippen LogP contribution in [0.2, 0.25) is 0 Å². The third-order valence-electron chi connectivity index (χ3n) is 3.49. The van der Waals surface area contributed by atoms with E-state index < -0.39 is 5.54 Å². The minimum Gasteiger partial charge on any atom is -0.393 e. The molecule has 0 bridgehead atoms. The largest absolute Gasteiger partial charge is 0.393 e. The van der Waals surface area contributed by atoms with Crippen LogP contribution in [0, 0.1) is 5.92 Å². The molecular weight excluding hydrogens is 216 g/mol. The van der Waals surface area contributed by atoms with Gasteiger partial charge in [0.2, 0.25) is 5.91 Å². The van der Waals surface area contributed by atoms with Crippen LogP contribution >= 0.6 is 0 Å². The molecule has 2 unspecified atom stereocenters. The average molecular weight is 242 g/mol. The van der Waals surface area contributed by atoms with Crippen molar-refractivity contribution in [1.29, 1.82) is 0 Å². The molecule has 1 rings (SSSR count). The molecule has 0 spiro atoms. The highest BCUT2D eigenvalue weighted by Gasteiger charge is 2.27. The van der Waals surface area contributed by atoms with Crippen LogP contribution in [0.3, 0.4) is 0 Å². The number of aliphatic hydroxyl groups excluding tert-OH is 1. The molecule has 0 aliphatic heterocycles. The molecular formula is C13H26N2O2. The second-order valence-corrected chi connectivity index (χ2v) is 5.55. The summed E-state index contributed by atoms with van der Waals surface area (Å²) in [4.78, 5) is 11.9. The van der Waals surface area contributed by atoms with Gasteiger partial charge in [0.15, 0.2) is 0 Å². The molecule has 1 aliphatic rings. The van der Waals surface area contributed by atoms with Gasteiger partial charge in [-0.1, -0.05) is 13.3 Å². The number of carbonyl (C=O) groups excluding carboxylic acids is 1. The maximum Gasteiger partial charge on any atom is 0.239 e. The van der Waals surface area contributed by atoms with Gasteiger partial charge in [-0.05, 0) is 45.6 Å². The Morgan fingerprint density at radius 2 is 2.12 bits per heavy atom. The summed E-state index contributed by atoms with van der Waals surface area (Å²) in [6, 6.07) is 0. The van der Waals surface area contributed by atoms with E-state index in [1.807, 2.05) is 20.8 Å². The first-order valence-electron chi connectivity index (χ1n) is 6.67. The molecule has 1 saturated carbocycles. The van der Waals surface area contributed by atoms with Crippen molar-refractivity contribution in [2.45, 2.75) is 58.1 Å². The predicted octanol–water partition coefficient (Wildman–Crippen LogP) is 1.04. The first-order chi connectivity index (χ1) is 7.95. The van der Waals surface area contributed by atoms with Gasteiger partial charge >= 0.3 is 0 Å². The number of rotatable bonds is 5. The molecule has 0 aromatic carbocycles. The Kier molecular flexibility index (Phi) is 5.40. The lowest BCUT2D eigenvalue weighted by molar-refractivity contribution is -0.126. The highest BCUT2D eigenvalue weighted by Crippen LogP contribution is 2.23. The van der Waals surface area contributed by atoms with Crippen molar-refractivity contribution < 1.29 is 9.90 Å². The fourth-order valence-electron chi connectivity index (χ4n) is 2.43. The quantitative estimate of drug-likeness (QED) is 0.675. The van der Waals surface area contributed by atoms with Crippen molar-refractivity contribution in [3.63, 3.8) is 0 Å². The average Bonchev–Trinajstić information content (AvgIpc) is 2.26. The Morgan fingerprint density at radius 3 is 2.71 bits per heavy atom. The number of aliphatic hydroxyl groups is 1. The van der Waals surface area contributed by atoms with E-state index in [1.165, 1.54) is 0 Å². The Labute approximate surface area is 104 Å². The zero-order valence-electron chi connectivity index (χ0n) is 11.3. The topological polar surface area (TPSA) is 61.4 Å². The smallest absolute Gasteiger partial charge is 0.239 e. The number of carbonyl (C=O) groups is 1. The Hall–Kier alpha value is -0.610. The van der Waals surface area contributed by atoms with Gasteiger partial charge in [0, 0.05) is 6.54 Å². The van der Waals surface area contributed by atoms with Gasteiger partial charge in [0.25, 0.3) is 0 Å². The fraction of sp³-hybridized carbons (Fsp3) is 0.923. The van der Waals surface area contributed by atoms with Crippen LogP contribution < -0.4 is 10.6 Å². The SMILES string of the molecule is CCNC(C)(C)C(=O)NCC1CCCC(O)C1. The van der Waals surface area contributed by atoms with Crippen molar-refractivity contribution in [2.24, 2.45) is 5.92 Å². The van der Waals surface area contributed by atoms with Crippen molar-refractivity contribution in [3.8, 4) is 0 Å². The zero-order valence-corrected chi connectivity index (χ0v) is 11.3. The Bertz CT molecular complexity index is 254. The first kappa shape index (κ1) is 14.5. The fourth-order valence-corrected chi connectivity index (χ4v) is 2.43. The van der Waals surface area contributed by atoms with Crippen LogP contribution in [0.1, 0.15) is 46.5 Å². The third kappa shape index (κ3) is 4.64. The van der Waals surface area contributed by atoms with Crippen LogP contribution in [0.25, 0.3) is 0 Å². The zero-order chi connectivity index (χ0) is 12.9. The highest BCUT2D eigenvalue weighted by atomic mass is 16.3. The molecule has 3 N–H and O–H groups in total. The Morgan fingerprint density at radius 1 is 1.41 bits per heavy atom. The van der Waals surface area contributed by atoms with Crippen LogP contribution in [0.15, 0.2) is 0 Å². The second-order valence-electron chi connectivity index (χ2n) is 5.55. The van der Waals surface area contributed by atoms with E-state index in [1.54, 1.807) is 0 Å². The van der Waals surface area contributed by atoms with E-state index in [0.717, 1.165) is 32.2 Å². The van der Waals surface area contributed by atoms with Crippen molar-refractivity contribution in [2.75, 3.05) is 13.1 Å². The van der Waals surface area contributed by atoms with Gasteiger partial charge in [0.05, 0.1) is 11.6 Å². The highest BCUT2D eigenvalue weighted by molar-refractivity contribution is 5.85. The number of hydrogen-bond acceptors (Lipinski definition) is 3. The van der Waals surface area contributed by atoms with Crippen molar-refractivity contribution in [3.05, 3.63) is 0 Å². The van der Waals surface area contributed by atoms with Gasteiger partial charge in [-0.25, -0.2) is 0 Å². The summed E-state index contributed by atoms with van der Waals surface area (Å²) in [5, 5.41) is 15.7. The summed E-state index contributed by atoms with van der Waals surface area (Å²) in [6.07, 6.45) is 3.74. The number of nitrogens with one attached hydrogen (secondary N) is 2. The standard InChI is InChI=1S/C13H26N2O2/c1-4-15-13(2,3)12(17)14-9-10-6-5-7-11(16)8-10/h10-11,15-16H,4-9H2,1-3H3,(H,14,17). The molecule has 1 amide bonds. The summed E-state index contributed by atoms with van der Waals surface area (Å²) in [6.45, 7) is 7.24. The van der Waals surface area contributed by atoms with Crippen molar-refractivity contribution >= 4 is 5.91 Å². The number of amides is 1. The molecule has 0 saturated heterocycles. The van der Waals surface area contributed by atoms with Gasteiger partial charge < -0.3 is 15.7 Å². The molecule has 17 heavy (non-hydrogen) atoms. The molecule has 4 heteroatoms. The van der Waals surface area contributed by atoms with Crippen LogP contribution in [-0.2, 0) is 4.79 Å². The molecule has 4 nitrogen and oxygen atoms in total. The first-order valence-corrected chi connectivity index (χ1v) is 6.67. The lowest BCUT2D eigenvalue weighted by atomic mass is 9.87. The van der Waals surface area contributed by atoms with E-state index in [-0.39, 0.29) is 12.0 Å². The van der Waals surface area contributed by atoms with Gasteiger partial charge in [-0.15, -0.1) is 0 Å². The molecule has 1 aliphatic carbocycles.